The van der Waals surface area contributed by atoms with Crippen LogP contribution in [0.1, 0.15) is 5.69 Å². The third-order valence-corrected chi connectivity index (χ3v) is 5.74. The number of anilines is 1. The van der Waals surface area contributed by atoms with Gasteiger partial charge in [-0.25, -0.2) is 9.37 Å². The van der Waals surface area contributed by atoms with Crippen molar-refractivity contribution in [3.8, 4) is 11.3 Å². The summed E-state index contributed by atoms with van der Waals surface area (Å²) < 4.78 is 14.9. The zero-order valence-corrected chi connectivity index (χ0v) is 16.4. The molecule has 0 atom stereocenters. The lowest BCUT2D eigenvalue weighted by Crippen LogP contribution is -2.44. The summed E-state index contributed by atoms with van der Waals surface area (Å²) in [6.07, 6.45) is 0. The number of piperazine rings is 1. The van der Waals surface area contributed by atoms with Crippen LogP contribution in [0.25, 0.3) is 33.2 Å². The van der Waals surface area contributed by atoms with Gasteiger partial charge in [0.2, 0.25) is 0 Å². The summed E-state index contributed by atoms with van der Waals surface area (Å²) in [4.78, 5) is 27.9. The Hall–Kier alpha value is -3.19. The van der Waals surface area contributed by atoms with Crippen LogP contribution >= 0.6 is 0 Å². The monoisotopic (exact) mass is 391 g/mol. The molecule has 7 heteroatoms. The minimum atomic E-state index is -0.316. The first-order valence-corrected chi connectivity index (χ1v) is 9.76. The number of aryl methyl sites for hydroxylation is 1. The molecular formula is C22H22FN5O. The zero-order chi connectivity index (χ0) is 20.1. The van der Waals surface area contributed by atoms with E-state index in [1.54, 1.807) is 6.07 Å². The number of hydrogen-bond acceptors (Lipinski definition) is 4. The number of halogens is 1. The van der Waals surface area contributed by atoms with Gasteiger partial charge in [-0.1, -0.05) is 18.2 Å². The molecule has 5 rings (SSSR count). The third-order valence-electron chi connectivity index (χ3n) is 5.74. The van der Waals surface area contributed by atoms with Crippen molar-refractivity contribution in [1.82, 2.24) is 19.9 Å². The minimum Gasteiger partial charge on any atom is -0.367 e. The molecule has 6 nitrogen and oxygen atoms in total. The number of hydrogen-bond donors (Lipinski definition) is 2. The highest BCUT2D eigenvalue weighted by molar-refractivity contribution is 5.97. The number of nitrogens with one attached hydrogen (secondary N) is 2. The van der Waals surface area contributed by atoms with Crippen LogP contribution in [0.15, 0.2) is 41.2 Å². The van der Waals surface area contributed by atoms with Crippen molar-refractivity contribution < 1.29 is 4.39 Å². The molecular weight excluding hydrogens is 369 g/mol. The number of aromatic nitrogens is 3. The van der Waals surface area contributed by atoms with Gasteiger partial charge < -0.3 is 19.8 Å². The van der Waals surface area contributed by atoms with Crippen molar-refractivity contribution in [2.24, 2.45) is 0 Å². The van der Waals surface area contributed by atoms with E-state index in [-0.39, 0.29) is 11.4 Å². The van der Waals surface area contributed by atoms with Gasteiger partial charge >= 0.3 is 0 Å². The summed E-state index contributed by atoms with van der Waals surface area (Å²) in [6, 6.07) is 10.9. The lowest BCUT2D eigenvalue weighted by atomic mass is 10.1. The molecule has 0 amide bonds. The van der Waals surface area contributed by atoms with Gasteiger partial charge in [0.15, 0.2) is 0 Å². The molecule has 2 N–H and O–H groups in total. The zero-order valence-electron chi connectivity index (χ0n) is 16.4. The third kappa shape index (κ3) is 2.98. The molecule has 0 bridgehead atoms. The molecule has 4 aromatic rings. The molecule has 0 unspecified atom stereocenters. The molecule has 1 saturated heterocycles. The number of aromatic amines is 2. The van der Waals surface area contributed by atoms with E-state index in [4.69, 9.17) is 0 Å². The van der Waals surface area contributed by atoms with Gasteiger partial charge in [0.1, 0.15) is 11.5 Å². The van der Waals surface area contributed by atoms with Crippen molar-refractivity contribution in [3.63, 3.8) is 0 Å². The lowest BCUT2D eigenvalue weighted by Gasteiger charge is -2.34. The number of H-pyrrole nitrogens is 2. The highest BCUT2D eigenvalue weighted by Crippen LogP contribution is 2.31. The number of para-hydroxylation sites is 1. The molecule has 3 heterocycles. The van der Waals surface area contributed by atoms with E-state index in [0.717, 1.165) is 48.3 Å². The van der Waals surface area contributed by atoms with Crippen molar-refractivity contribution >= 4 is 27.6 Å². The second-order valence-electron chi connectivity index (χ2n) is 7.70. The van der Waals surface area contributed by atoms with Gasteiger partial charge in [-0.3, -0.25) is 4.79 Å². The van der Waals surface area contributed by atoms with Crippen molar-refractivity contribution in [3.05, 3.63) is 58.3 Å². The second-order valence-corrected chi connectivity index (χ2v) is 7.70. The van der Waals surface area contributed by atoms with E-state index in [2.05, 4.69) is 26.9 Å². The fourth-order valence-electron chi connectivity index (χ4n) is 4.14. The molecule has 0 aliphatic carbocycles. The van der Waals surface area contributed by atoms with Crippen LogP contribution in [0.3, 0.4) is 0 Å². The molecule has 2 aromatic heterocycles. The minimum absolute atomic E-state index is 0.277. The summed E-state index contributed by atoms with van der Waals surface area (Å²) in [5.41, 5.74) is 4.09. The van der Waals surface area contributed by atoms with Crippen molar-refractivity contribution in [2.75, 3.05) is 38.1 Å². The molecule has 0 saturated carbocycles. The summed E-state index contributed by atoms with van der Waals surface area (Å²) in [5.74, 6) is -0.316. The molecule has 148 valence electrons. The number of rotatable bonds is 2. The Labute approximate surface area is 167 Å². The maximum absolute atomic E-state index is 14.9. The predicted octanol–water partition coefficient (Wildman–Crippen LogP) is 3.27. The first-order chi connectivity index (χ1) is 14.0. The second kappa shape index (κ2) is 6.70. The Balaban J connectivity index is 1.64. The predicted molar refractivity (Wildman–Crippen MR) is 114 cm³/mol. The summed E-state index contributed by atoms with van der Waals surface area (Å²) in [6.45, 7) is 5.18. The van der Waals surface area contributed by atoms with Gasteiger partial charge in [0.05, 0.1) is 16.7 Å². The highest BCUT2D eigenvalue weighted by Gasteiger charge is 2.20. The largest absolute Gasteiger partial charge is 0.367 e. The van der Waals surface area contributed by atoms with Crippen LogP contribution in [0.2, 0.25) is 0 Å². The molecule has 2 aromatic carbocycles. The van der Waals surface area contributed by atoms with Gasteiger partial charge in [-0.2, -0.15) is 0 Å². The number of likely N-dealkylation sites (N-methyl/N-ethyl adjacent to an activating group) is 1. The maximum Gasteiger partial charge on any atom is 0.275 e. The first-order valence-electron chi connectivity index (χ1n) is 9.76. The van der Waals surface area contributed by atoms with Crippen LogP contribution < -0.4 is 10.5 Å². The Kier molecular flexibility index (Phi) is 4.13. The Morgan fingerprint density at radius 3 is 2.59 bits per heavy atom. The van der Waals surface area contributed by atoms with Crippen LogP contribution in [0, 0.1) is 12.7 Å². The SMILES string of the molecule is Cc1[nH]c2ccccc2c1-c1nc2cc(F)c(N3CCN(C)CC3)cc2[nH]c1=O. The van der Waals surface area contributed by atoms with E-state index < -0.39 is 0 Å². The van der Waals surface area contributed by atoms with Gasteiger partial charge in [0.25, 0.3) is 5.56 Å². The Bertz CT molecular complexity index is 1280. The molecule has 0 radical (unpaired) electrons. The van der Waals surface area contributed by atoms with Crippen molar-refractivity contribution in [1.29, 1.82) is 0 Å². The van der Waals surface area contributed by atoms with Crippen molar-refractivity contribution in [2.45, 2.75) is 6.92 Å². The average molecular weight is 391 g/mol. The smallest absolute Gasteiger partial charge is 0.275 e. The highest BCUT2D eigenvalue weighted by atomic mass is 19.1. The first kappa shape index (κ1) is 17.9. The topological polar surface area (TPSA) is 68.0 Å². The number of nitrogens with zero attached hydrogens (tertiary/aromatic N) is 3. The van der Waals surface area contributed by atoms with Gasteiger partial charge in [-0.15, -0.1) is 0 Å². The van der Waals surface area contributed by atoms with E-state index in [1.807, 2.05) is 36.1 Å². The maximum atomic E-state index is 14.9. The Morgan fingerprint density at radius 1 is 1.03 bits per heavy atom. The molecule has 1 aliphatic heterocycles. The summed E-state index contributed by atoms with van der Waals surface area (Å²) >= 11 is 0. The van der Waals surface area contributed by atoms with E-state index in [1.165, 1.54) is 6.07 Å². The Morgan fingerprint density at radius 2 is 1.79 bits per heavy atom. The van der Waals surface area contributed by atoms with Crippen LogP contribution in [0.5, 0.6) is 0 Å². The van der Waals surface area contributed by atoms with E-state index in [9.17, 15) is 9.18 Å². The normalized spacial score (nSPS) is 15.5. The quantitative estimate of drug-likeness (QED) is 0.550. The standard InChI is InChI=1S/C22H22FN5O/c1-13-20(14-5-3-4-6-16(14)24-13)21-22(29)26-18-12-19(15(23)11-17(18)25-21)28-9-7-27(2)8-10-28/h3-6,11-12,24H,7-10H2,1-2H3,(H,26,29). The fourth-order valence-corrected chi connectivity index (χ4v) is 4.14. The summed E-state index contributed by atoms with van der Waals surface area (Å²) in [5, 5.41) is 0.928. The number of fused-ring (bicyclic) bond motifs is 2. The van der Waals surface area contributed by atoms with Gasteiger partial charge in [0, 0.05) is 54.4 Å². The molecule has 1 aliphatic rings. The fraction of sp³-hybridized carbons (Fsp3) is 0.273. The van der Waals surface area contributed by atoms with Crippen LogP contribution in [-0.2, 0) is 0 Å². The average Bonchev–Trinajstić information content (AvgIpc) is 3.04. The molecule has 0 spiro atoms. The van der Waals surface area contributed by atoms with E-state index >= 15 is 0 Å². The van der Waals surface area contributed by atoms with E-state index in [0.29, 0.717) is 22.4 Å². The van der Waals surface area contributed by atoms with Gasteiger partial charge in [-0.05, 0) is 26.1 Å². The number of benzene rings is 2. The van der Waals surface area contributed by atoms with Crippen LogP contribution in [0.4, 0.5) is 10.1 Å². The molecule has 1 fully saturated rings. The lowest BCUT2D eigenvalue weighted by molar-refractivity contribution is 0.312. The van der Waals surface area contributed by atoms with Crippen LogP contribution in [-0.4, -0.2) is 53.1 Å². The summed E-state index contributed by atoms with van der Waals surface area (Å²) in [7, 11) is 2.06. The molecule has 29 heavy (non-hydrogen) atoms.